The summed E-state index contributed by atoms with van der Waals surface area (Å²) in [7, 11) is 1.61. The summed E-state index contributed by atoms with van der Waals surface area (Å²) in [6.45, 7) is 6.19. The van der Waals surface area contributed by atoms with Gasteiger partial charge < -0.3 is 11.1 Å². The van der Waals surface area contributed by atoms with E-state index in [2.05, 4.69) is 38.2 Å². The molecule has 1 aromatic carbocycles. The van der Waals surface area contributed by atoms with E-state index in [9.17, 15) is 4.79 Å². The van der Waals surface area contributed by atoms with Gasteiger partial charge in [0.1, 0.15) is 0 Å². The molecule has 88 valence electrons. The molecule has 0 heterocycles. The molecule has 0 aliphatic rings. The highest BCUT2D eigenvalue weighted by atomic mass is 16.2. The van der Waals surface area contributed by atoms with Gasteiger partial charge in [-0.2, -0.15) is 0 Å². The number of nitrogens with one attached hydrogen (secondary N) is 1. The summed E-state index contributed by atoms with van der Waals surface area (Å²) in [6, 6.07) is 3.78. The minimum Gasteiger partial charge on any atom is -0.358 e. The maximum absolute atomic E-state index is 11.4. The number of carbonyl (C=O) groups excluding carboxylic acids is 1. The van der Waals surface area contributed by atoms with Crippen molar-refractivity contribution in [2.75, 3.05) is 7.05 Å². The molecule has 1 rings (SSSR count). The number of carbonyl (C=O) groups is 1. The van der Waals surface area contributed by atoms with Crippen LogP contribution >= 0.6 is 0 Å². The fraction of sp³-hybridized carbons (Fsp3) is 0.462. The molecule has 0 bridgehead atoms. The van der Waals surface area contributed by atoms with Crippen LogP contribution in [0.1, 0.15) is 22.3 Å². The molecule has 0 fully saturated rings. The van der Waals surface area contributed by atoms with Crippen LogP contribution in [0.3, 0.4) is 0 Å². The summed E-state index contributed by atoms with van der Waals surface area (Å²) < 4.78 is 0. The van der Waals surface area contributed by atoms with Gasteiger partial charge in [0.15, 0.2) is 0 Å². The Labute approximate surface area is 97.0 Å². The average Bonchev–Trinajstić information content (AvgIpc) is 2.21. The quantitative estimate of drug-likeness (QED) is 0.805. The fourth-order valence-electron chi connectivity index (χ4n) is 2.03. The van der Waals surface area contributed by atoms with Crippen LogP contribution in [0, 0.1) is 20.8 Å². The molecular weight excluding hydrogens is 200 g/mol. The first-order chi connectivity index (χ1) is 7.45. The van der Waals surface area contributed by atoms with Gasteiger partial charge in [-0.05, 0) is 43.9 Å². The zero-order chi connectivity index (χ0) is 12.3. The third kappa shape index (κ3) is 2.83. The Morgan fingerprint density at radius 3 is 2.25 bits per heavy atom. The van der Waals surface area contributed by atoms with Crippen molar-refractivity contribution in [3.8, 4) is 0 Å². The van der Waals surface area contributed by atoms with Crippen LogP contribution in [-0.4, -0.2) is 19.0 Å². The number of hydrogen-bond donors (Lipinski definition) is 2. The van der Waals surface area contributed by atoms with Gasteiger partial charge in [-0.3, -0.25) is 4.79 Å². The van der Waals surface area contributed by atoms with Gasteiger partial charge in [0.2, 0.25) is 5.91 Å². The van der Waals surface area contributed by atoms with E-state index in [1.54, 1.807) is 7.05 Å². The van der Waals surface area contributed by atoms with Crippen molar-refractivity contribution in [3.63, 3.8) is 0 Å². The molecule has 0 spiro atoms. The number of benzene rings is 1. The summed E-state index contributed by atoms with van der Waals surface area (Å²) in [5, 5.41) is 2.57. The van der Waals surface area contributed by atoms with E-state index in [1.807, 2.05) is 0 Å². The monoisotopic (exact) mass is 220 g/mol. The lowest BCUT2D eigenvalue weighted by Gasteiger charge is -2.15. The maximum Gasteiger partial charge on any atom is 0.237 e. The lowest BCUT2D eigenvalue weighted by molar-refractivity contribution is -0.121. The first-order valence-electron chi connectivity index (χ1n) is 5.49. The highest BCUT2D eigenvalue weighted by Crippen LogP contribution is 2.17. The first-order valence-corrected chi connectivity index (χ1v) is 5.49. The standard InChI is InChI=1S/C13H20N2O/c1-8-5-9(2)11(10(3)6-8)7-12(14)13(16)15-4/h5-6,12H,7,14H2,1-4H3,(H,15,16). The maximum atomic E-state index is 11.4. The van der Waals surface area contributed by atoms with Crippen molar-refractivity contribution in [2.45, 2.75) is 33.2 Å². The third-order valence-electron chi connectivity index (χ3n) is 2.85. The van der Waals surface area contributed by atoms with E-state index in [1.165, 1.54) is 22.3 Å². The first kappa shape index (κ1) is 12.7. The second-order valence-electron chi connectivity index (χ2n) is 4.30. The lowest BCUT2D eigenvalue weighted by atomic mass is 9.94. The lowest BCUT2D eigenvalue weighted by Crippen LogP contribution is -2.40. The predicted molar refractivity (Wildman–Crippen MR) is 66.4 cm³/mol. The summed E-state index contributed by atoms with van der Waals surface area (Å²) in [4.78, 5) is 11.4. The van der Waals surface area contributed by atoms with Gasteiger partial charge in [0.05, 0.1) is 6.04 Å². The van der Waals surface area contributed by atoms with Crippen molar-refractivity contribution in [1.82, 2.24) is 5.32 Å². The second-order valence-corrected chi connectivity index (χ2v) is 4.30. The Hall–Kier alpha value is -1.35. The molecule has 0 aliphatic heterocycles. The molecule has 0 radical (unpaired) electrons. The van der Waals surface area contributed by atoms with Crippen LogP contribution in [0.4, 0.5) is 0 Å². The van der Waals surface area contributed by atoms with E-state index < -0.39 is 6.04 Å². The normalized spacial score (nSPS) is 12.3. The van der Waals surface area contributed by atoms with Crippen molar-refractivity contribution in [1.29, 1.82) is 0 Å². The molecule has 3 heteroatoms. The molecule has 0 aliphatic carbocycles. The van der Waals surface area contributed by atoms with Crippen LogP contribution in [0.2, 0.25) is 0 Å². The topological polar surface area (TPSA) is 55.1 Å². The zero-order valence-corrected chi connectivity index (χ0v) is 10.4. The minimum atomic E-state index is -0.467. The number of nitrogens with two attached hydrogens (primary N) is 1. The number of rotatable bonds is 3. The number of amides is 1. The average molecular weight is 220 g/mol. The summed E-state index contributed by atoms with van der Waals surface area (Å²) >= 11 is 0. The number of likely N-dealkylation sites (N-methyl/N-ethyl adjacent to an activating group) is 1. The molecule has 3 nitrogen and oxygen atoms in total. The van der Waals surface area contributed by atoms with Crippen LogP contribution < -0.4 is 11.1 Å². The summed E-state index contributed by atoms with van der Waals surface area (Å²) in [5.41, 5.74) is 10.7. The van der Waals surface area contributed by atoms with Gasteiger partial charge in [0.25, 0.3) is 0 Å². The predicted octanol–water partition coefficient (Wildman–Crippen LogP) is 1.23. The van der Waals surface area contributed by atoms with Gasteiger partial charge in [-0.1, -0.05) is 17.7 Å². The SMILES string of the molecule is CNC(=O)C(N)Cc1c(C)cc(C)cc1C. The van der Waals surface area contributed by atoms with E-state index in [0.717, 1.165) is 0 Å². The van der Waals surface area contributed by atoms with Crippen LogP contribution in [0.25, 0.3) is 0 Å². The third-order valence-corrected chi connectivity index (χ3v) is 2.85. The van der Waals surface area contributed by atoms with E-state index in [0.29, 0.717) is 6.42 Å². The number of aryl methyl sites for hydroxylation is 3. The van der Waals surface area contributed by atoms with Gasteiger partial charge >= 0.3 is 0 Å². The molecule has 1 aromatic rings. The van der Waals surface area contributed by atoms with Crippen LogP contribution in [0.5, 0.6) is 0 Å². The van der Waals surface area contributed by atoms with Crippen LogP contribution in [-0.2, 0) is 11.2 Å². The Morgan fingerprint density at radius 2 is 1.81 bits per heavy atom. The van der Waals surface area contributed by atoms with Crippen molar-refractivity contribution < 1.29 is 4.79 Å². The Morgan fingerprint density at radius 1 is 1.31 bits per heavy atom. The molecular formula is C13H20N2O. The van der Waals surface area contributed by atoms with Gasteiger partial charge in [-0.25, -0.2) is 0 Å². The Kier molecular flexibility index (Phi) is 4.07. The molecule has 0 saturated heterocycles. The molecule has 3 N–H and O–H groups in total. The molecule has 0 saturated carbocycles. The smallest absolute Gasteiger partial charge is 0.237 e. The zero-order valence-electron chi connectivity index (χ0n) is 10.4. The summed E-state index contributed by atoms with van der Waals surface area (Å²) in [5.74, 6) is -0.112. The van der Waals surface area contributed by atoms with Gasteiger partial charge in [-0.15, -0.1) is 0 Å². The van der Waals surface area contributed by atoms with E-state index in [4.69, 9.17) is 5.73 Å². The van der Waals surface area contributed by atoms with Crippen molar-refractivity contribution in [3.05, 3.63) is 34.4 Å². The molecule has 1 atom stereocenters. The van der Waals surface area contributed by atoms with E-state index >= 15 is 0 Å². The number of hydrogen-bond acceptors (Lipinski definition) is 2. The summed E-state index contributed by atoms with van der Waals surface area (Å²) in [6.07, 6.45) is 0.595. The van der Waals surface area contributed by atoms with Crippen molar-refractivity contribution in [2.24, 2.45) is 5.73 Å². The Balaban J connectivity index is 2.93. The second kappa shape index (κ2) is 5.12. The fourth-order valence-corrected chi connectivity index (χ4v) is 2.03. The molecule has 16 heavy (non-hydrogen) atoms. The van der Waals surface area contributed by atoms with Gasteiger partial charge in [0, 0.05) is 7.05 Å². The van der Waals surface area contributed by atoms with Crippen LogP contribution in [0.15, 0.2) is 12.1 Å². The highest BCUT2D eigenvalue weighted by molar-refractivity contribution is 5.81. The highest BCUT2D eigenvalue weighted by Gasteiger charge is 2.14. The molecule has 1 amide bonds. The molecule has 0 aromatic heterocycles. The minimum absolute atomic E-state index is 0.112. The van der Waals surface area contributed by atoms with Crippen molar-refractivity contribution >= 4 is 5.91 Å². The largest absolute Gasteiger partial charge is 0.358 e. The molecule has 1 unspecified atom stereocenters. The van der Waals surface area contributed by atoms with E-state index in [-0.39, 0.29) is 5.91 Å². The Bertz CT molecular complexity index is 376.